The van der Waals surface area contributed by atoms with Crippen molar-refractivity contribution in [3.63, 3.8) is 0 Å². The molecule has 0 radical (unpaired) electrons. The SMILES string of the molecule is C=C/C=C\C=C(/C)N(C/C=C(\c1ccc2cccc3ccc(=C)c1c23)N(c1ccccc1)c1ccc(C(C)(C)C)cc1)c1ccc(C(C)(C)C)cc1. The van der Waals surface area contributed by atoms with E-state index >= 15 is 0 Å². The second-order valence-corrected chi connectivity index (χ2v) is 15.7. The van der Waals surface area contributed by atoms with Crippen molar-refractivity contribution in [1.82, 2.24) is 0 Å². The van der Waals surface area contributed by atoms with Crippen molar-refractivity contribution in [1.29, 1.82) is 0 Å². The van der Waals surface area contributed by atoms with E-state index in [1.54, 1.807) is 0 Å². The van der Waals surface area contributed by atoms with Crippen LogP contribution in [0, 0.1) is 0 Å². The van der Waals surface area contributed by atoms with Crippen LogP contribution in [0.5, 0.6) is 0 Å². The Bertz CT molecular complexity index is 2290. The maximum Gasteiger partial charge on any atom is 0.0518 e. The quantitative estimate of drug-likeness (QED) is 0.133. The molecule has 0 aromatic heterocycles. The van der Waals surface area contributed by atoms with Crippen LogP contribution in [0.4, 0.5) is 17.1 Å². The molecule has 262 valence electrons. The number of allylic oxidation sites excluding steroid dienone is 5. The van der Waals surface area contributed by atoms with E-state index in [0.717, 1.165) is 39.2 Å². The molecule has 0 fully saturated rings. The van der Waals surface area contributed by atoms with Gasteiger partial charge in [0.05, 0.1) is 5.70 Å². The van der Waals surface area contributed by atoms with Crippen LogP contribution in [0.15, 0.2) is 164 Å². The Hall–Kier alpha value is -5.60. The van der Waals surface area contributed by atoms with Crippen molar-refractivity contribution in [2.24, 2.45) is 0 Å². The predicted molar refractivity (Wildman–Crippen MR) is 229 cm³/mol. The van der Waals surface area contributed by atoms with Crippen LogP contribution in [0.1, 0.15) is 65.2 Å². The van der Waals surface area contributed by atoms with E-state index in [2.05, 4.69) is 211 Å². The third-order valence-electron chi connectivity index (χ3n) is 9.91. The number of anilines is 3. The van der Waals surface area contributed by atoms with Crippen molar-refractivity contribution in [3.05, 3.63) is 186 Å². The highest BCUT2D eigenvalue weighted by atomic mass is 15.2. The molecule has 0 saturated heterocycles. The lowest BCUT2D eigenvalue weighted by Crippen LogP contribution is -2.24. The van der Waals surface area contributed by atoms with E-state index in [9.17, 15) is 0 Å². The molecule has 2 nitrogen and oxygen atoms in total. The summed E-state index contributed by atoms with van der Waals surface area (Å²) in [6.07, 6.45) is 10.4. The Morgan fingerprint density at radius 3 is 1.73 bits per heavy atom. The molecule has 0 aliphatic heterocycles. The number of benzene rings is 6. The van der Waals surface area contributed by atoms with Gasteiger partial charge >= 0.3 is 0 Å². The van der Waals surface area contributed by atoms with Gasteiger partial charge < -0.3 is 9.80 Å². The maximum atomic E-state index is 4.60. The van der Waals surface area contributed by atoms with E-state index < -0.39 is 0 Å². The maximum absolute atomic E-state index is 4.60. The summed E-state index contributed by atoms with van der Waals surface area (Å²) in [6.45, 7) is 24.9. The first-order valence-corrected chi connectivity index (χ1v) is 18.3. The zero-order chi connectivity index (χ0) is 37.0. The van der Waals surface area contributed by atoms with Gasteiger partial charge in [0, 0.05) is 34.9 Å². The zero-order valence-corrected chi connectivity index (χ0v) is 31.9. The molecule has 0 aliphatic carbocycles. The average Bonchev–Trinajstić information content (AvgIpc) is 3.13. The minimum atomic E-state index is 0.0463. The molecule has 0 aliphatic rings. The van der Waals surface area contributed by atoms with Crippen LogP contribution >= 0.6 is 0 Å². The fourth-order valence-corrected chi connectivity index (χ4v) is 6.94. The molecule has 0 heterocycles. The topological polar surface area (TPSA) is 6.48 Å². The largest absolute Gasteiger partial charge is 0.341 e. The summed E-state index contributed by atoms with van der Waals surface area (Å²) in [5, 5.41) is 5.87. The molecular weight excluding hydrogens is 629 g/mol. The lowest BCUT2D eigenvalue weighted by atomic mass is 9.87. The Morgan fingerprint density at radius 2 is 1.15 bits per heavy atom. The van der Waals surface area contributed by atoms with Gasteiger partial charge in [-0.15, -0.1) is 0 Å². The zero-order valence-electron chi connectivity index (χ0n) is 31.9. The van der Waals surface area contributed by atoms with Gasteiger partial charge in [-0.3, -0.25) is 0 Å². The van der Waals surface area contributed by atoms with Crippen LogP contribution in [0.25, 0.3) is 33.8 Å². The first-order valence-electron chi connectivity index (χ1n) is 18.3. The van der Waals surface area contributed by atoms with Crippen LogP contribution in [0.3, 0.4) is 0 Å². The molecule has 0 N–H and O–H groups in total. The fourth-order valence-electron chi connectivity index (χ4n) is 6.94. The summed E-state index contributed by atoms with van der Waals surface area (Å²) in [6, 6.07) is 44.3. The molecule has 2 heteroatoms. The van der Waals surface area contributed by atoms with Gasteiger partial charge in [-0.25, -0.2) is 0 Å². The van der Waals surface area contributed by atoms with Gasteiger partial charge in [0.15, 0.2) is 0 Å². The van der Waals surface area contributed by atoms with E-state index in [4.69, 9.17) is 0 Å². The van der Waals surface area contributed by atoms with Crippen LogP contribution in [-0.2, 0) is 10.8 Å². The smallest absolute Gasteiger partial charge is 0.0518 e. The predicted octanol–water partition coefficient (Wildman–Crippen LogP) is 13.0. The molecular formula is C50H52N2. The average molecular weight is 681 g/mol. The van der Waals surface area contributed by atoms with Crippen molar-refractivity contribution in [2.75, 3.05) is 16.3 Å². The van der Waals surface area contributed by atoms with Gasteiger partial charge in [-0.05, 0) is 104 Å². The minimum absolute atomic E-state index is 0.0463. The third-order valence-corrected chi connectivity index (χ3v) is 9.91. The Kier molecular flexibility index (Phi) is 10.4. The van der Waals surface area contributed by atoms with E-state index in [1.165, 1.54) is 32.7 Å². The third kappa shape index (κ3) is 7.67. The molecule has 6 aromatic carbocycles. The van der Waals surface area contributed by atoms with E-state index in [0.29, 0.717) is 6.54 Å². The highest BCUT2D eigenvalue weighted by molar-refractivity contribution is 6.14. The van der Waals surface area contributed by atoms with E-state index in [1.807, 2.05) is 12.2 Å². The number of rotatable bonds is 10. The van der Waals surface area contributed by atoms with Crippen molar-refractivity contribution >= 4 is 50.9 Å². The summed E-state index contributed by atoms with van der Waals surface area (Å²) in [5.41, 5.74) is 9.45. The summed E-state index contributed by atoms with van der Waals surface area (Å²) in [5.74, 6) is 0. The van der Waals surface area contributed by atoms with Crippen molar-refractivity contribution in [2.45, 2.75) is 59.3 Å². The van der Waals surface area contributed by atoms with Crippen LogP contribution < -0.4 is 15.0 Å². The monoisotopic (exact) mass is 680 g/mol. The van der Waals surface area contributed by atoms with Crippen molar-refractivity contribution in [3.8, 4) is 0 Å². The molecule has 6 rings (SSSR count). The van der Waals surface area contributed by atoms with Gasteiger partial charge in [0.1, 0.15) is 0 Å². The highest BCUT2D eigenvalue weighted by Gasteiger charge is 2.22. The Labute approximate surface area is 311 Å². The molecule has 0 unspecified atom stereocenters. The first kappa shape index (κ1) is 36.2. The number of hydrogen-bond donors (Lipinski definition) is 0. The molecule has 0 atom stereocenters. The molecule has 0 amide bonds. The number of para-hydroxylation sites is 1. The Morgan fingerprint density at radius 1 is 0.596 bits per heavy atom. The van der Waals surface area contributed by atoms with Gasteiger partial charge in [-0.2, -0.15) is 0 Å². The molecule has 52 heavy (non-hydrogen) atoms. The molecule has 0 bridgehead atoms. The summed E-state index contributed by atoms with van der Waals surface area (Å²) in [7, 11) is 0. The van der Waals surface area contributed by atoms with Crippen molar-refractivity contribution < 1.29 is 0 Å². The van der Waals surface area contributed by atoms with Gasteiger partial charge in [0.2, 0.25) is 0 Å². The molecule has 0 spiro atoms. The van der Waals surface area contributed by atoms with E-state index in [-0.39, 0.29) is 10.8 Å². The summed E-state index contributed by atoms with van der Waals surface area (Å²) in [4.78, 5) is 4.80. The normalized spacial score (nSPS) is 12.9. The van der Waals surface area contributed by atoms with Gasteiger partial charge in [0.25, 0.3) is 0 Å². The van der Waals surface area contributed by atoms with Crippen LogP contribution in [0.2, 0.25) is 0 Å². The van der Waals surface area contributed by atoms with Crippen LogP contribution in [-0.4, -0.2) is 6.54 Å². The lowest BCUT2D eigenvalue weighted by molar-refractivity contribution is 0.590. The first-order chi connectivity index (χ1) is 24.9. The highest BCUT2D eigenvalue weighted by Crippen LogP contribution is 2.39. The number of hydrogen-bond acceptors (Lipinski definition) is 2. The summed E-state index contributed by atoms with van der Waals surface area (Å²) >= 11 is 0. The molecule has 0 saturated carbocycles. The summed E-state index contributed by atoms with van der Waals surface area (Å²) < 4.78 is 0. The second-order valence-electron chi connectivity index (χ2n) is 15.7. The Balaban J connectivity index is 1.62. The second kappa shape index (κ2) is 14.9. The number of nitrogens with zero attached hydrogens (tertiary/aromatic N) is 2. The molecule has 6 aromatic rings. The standard InChI is InChI=1S/C50H52N2/c1-10-11-13-17-37(3)51(42-29-25-40(26-30-42)49(4,5)6)35-34-46(45-33-24-39-19-16-18-38-23-22-36(2)47(45)48(38)39)52(43-20-14-12-15-21-43)44-31-27-41(28-32-44)50(7,8)9/h10-34H,1-2,35H2,3-9H3/b13-11-,37-17+,46-34+. The lowest BCUT2D eigenvalue weighted by Gasteiger charge is -2.32. The van der Waals surface area contributed by atoms with Gasteiger partial charge in [-0.1, -0.05) is 158 Å². The fraction of sp³-hybridized carbons (Fsp3) is 0.200. The minimum Gasteiger partial charge on any atom is -0.341 e.